The van der Waals surface area contributed by atoms with Crippen molar-refractivity contribution in [2.75, 3.05) is 31.5 Å². The van der Waals surface area contributed by atoms with Crippen LogP contribution in [0.3, 0.4) is 0 Å². The first kappa shape index (κ1) is 18.8. The summed E-state index contributed by atoms with van der Waals surface area (Å²) in [5, 5.41) is 8.26. The molecule has 3 aromatic rings. The minimum atomic E-state index is -0.285. The summed E-state index contributed by atoms with van der Waals surface area (Å²) in [6, 6.07) is 6.19. The van der Waals surface area contributed by atoms with E-state index in [1.807, 2.05) is 0 Å². The maximum absolute atomic E-state index is 13.2. The predicted octanol–water partition coefficient (Wildman–Crippen LogP) is 4.20. The summed E-state index contributed by atoms with van der Waals surface area (Å²) in [5.74, 6) is 1.96. The minimum Gasteiger partial charge on any atom is -0.369 e. The third kappa shape index (κ3) is 4.14. The molecule has 1 saturated heterocycles. The van der Waals surface area contributed by atoms with Crippen LogP contribution in [0.1, 0.15) is 26.7 Å². The van der Waals surface area contributed by atoms with Crippen LogP contribution in [0, 0.1) is 17.7 Å². The summed E-state index contributed by atoms with van der Waals surface area (Å²) in [5.41, 5.74) is 1.82. The molecule has 2 atom stereocenters. The van der Waals surface area contributed by atoms with Gasteiger partial charge in [0.1, 0.15) is 29.0 Å². The van der Waals surface area contributed by atoms with Gasteiger partial charge in [-0.3, -0.25) is 0 Å². The minimum absolute atomic E-state index is 0.285. The van der Waals surface area contributed by atoms with Crippen molar-refractivity contribution in [1.29, 1.82) is 0 Å². The van der Waals surface area contributed by atoms with E-state index in [9.17, 15) is 4.39 Å². The fourth-order valence-electron chi connectivity index (χ4n) is 4.21. The van der Waals surface area contributed by atoms with Crippen molar-refractivity contribution in [2.24, 2.45) is 11.8 Å². The van der Waals surface area contributed by atoms with E-state index in [1.54, 1.807) is 12.1 Å². The molecule has 6 nitrogen and oxygen atoms in total. The molecule has 0 unspecified atom stereocenters. The predicted molar refractivity (Wildman–Crippen MR) is 107 cm³/mol. The number of halogens is 1. The Hall–Kier alpha value is -2.54. The maximum Gasteiger partial charge on any atom is 0.263 e. The van der Waals surface area contributed by atoms with Crippen molar-refractivity contribution < 1.29 is 8.91 Å². The van der Waals surface area contributed by atoms with Crippen molar-refractivity contribution >= 4 is 16.9 Å². The fourth-order valence-corrected chi connectivity index (χ4v) is 4.21. The number of anilines is 1. The van der Waals surface area contributed by atoms with Gasteiger partial charge in [-0.1, -0.05) is 19.0 Å². The molecule has 7 heteroatoms. The molecule has 0 saturated carbocycles. The van der Waals surface area contributed by atoms with E-state index in [1.165, 1.54) is 38.0 Å². The molecule has 1 aromatic carbocycles. The van der Waals surface area contributed by atoms with Gasteiger partial charge in [-0.05, 0) is 55.5 Å². The monoisotopic (exact) mass is 383 g/mol. The molecular formula is C21H26FN5O. The lowest BCUT2D eigenvalue weighted by Gasteiger charge is -2.34. The molecule has 1 N–H and O–H groups in total. The number of hydrogen-bond donors (Lipinski definition) is 1. The van der Waals surface area contributed by atoms with Crippen LogP contribution >= 0.6 is 0 Å². The van der Waals surface area contributed by atoms with Crippen LogP contribution in [0.25, 0.3) is 22.4 Å². The Bertz CT molecular complexity index is 916. The molecule has 0 bridgehead atoms. The summed E-state index contributed by atoms with van der Waals surface area (Å²) in [7, 11) is 0. The zero-order valence-corrected chi connectivity index (χ0v) is 16.4. The van der Waals surface area contributed by atoms with Gasteiger partial charge in [0.05, 0.1) is 0 Å². The lowest BCUT2D eigenvalue weighted by molar-refractivity contribution is 0.141. The number of benzene rings is 1. The number of hydrogen-bond acceptors (Lipinski definition) is 6. The van der Waals surface area contributed by atoms with E-state index < -0.39 is 0 Å². The molecule has 1 aliphatic rings. The summed E-state index contributed by atoms with van der Waals surface area (Å²) in [6.45, 7) is 8.91. The summed E-state index contributed by atoms with van der Waals surface area (Å²) >= 11 is 0. The first-order valence-corrected chi connectivity index (χ1v) is 9.92. The number of aromatic nitrogens is 3. The zero-order valence-electron chi connectivity index (χ0n) is 16.4. The number of nitrogens with zero attached hydrogens (tertiary/aromatic N) is 4. The van der Waals surface area contributed by atoms with Crippen molar-refractivity contribution in [2.45, 2.75) is 26.7 Å². The Kier molecular flexibility index (Phi) is 5.52. The first-order valence-electron chi connectivity index (χ1n) is 9.92. The van der Waals surface area contributed by atoms with Crippen LogP contribution in [0.5, 0.6) is 0 Å². The van der Waals surface area contributed by atoms with E-state index in [2.05, 4.69) is 39.2 Å². The lowest BCUT2D eigenvalue weighted by Crippen LogP contribution is -2.39. The number of piperidine rings is 1. The molecule has 3 heterocycles. The highest BCUT2D eigenvalue weighted by Gasteiger charge is 2.21. The molecule has 1 fully saturated rings. The lowest BCUT2D eigenvalue weighted by atomic mass is 9.92. The van der Waals surface area contributed by atoms with Crippen molar-refractivity contribution in [3.05, 3.63) is 36.4 Å². The zero-order chi connectivity index (χ0) is 19.5. The maximum atomic E-state index is 13.2. The Morgan fingerprint density at radius 2 is 1.89 bits per heavy atom. The molecule has 28 heavy (non-hydrogen) atoms. The molecular weight excluding hydrogens is 357 g/mol. The standard InChI is InChI=1S/C21H26FN5O/c1-14-10-15(2)12-27(11-14)9-3-8-23-20-18-19(16-4-6-17(22)7-5-16)26-28-21(18)25-13-24-20/h4-7,13-15H,3,8-12H2,1-2H3,(H,23,24,25)/t14-,15+. The molecule has 4 rings (SSSR count). The van der Waals surface area contributed by atoms with Crippen molar-refractivity contribution in [1.82, 2.24) is 20.0 Å². The Morgan fingerprint density at radius 3 is 2.64 bits per heavy atom. The van der Waals surface area contributed by atoms with Gasteiger partial charge in [0.15, 0.2) is 0 Å². The van der Waals surface area contributed by atoms with Crippen LogP contribution in [0.15, 0.2) is 35.1 Å². The van der Waals surface area contributed by atoms with E-state index in [-0.39, 0.29) is 5.82 Å². The highest BCUT2D eigenvalue weighted by atomic mass is 19.1. The van der Waals surface area contributed by atoms with Crippen LogP contribution in [-0.4, -0.2) is 46.2 Å². The average molecular weight is 383 g/mol. The van der Waals surface area contributed by atoms with Crippen LogP contribution in [0.2, 0.25) is 0 Å². The molecule has 0 spiro atoms. The van der Waals surface area contributed by atoms with Gasteiger partial charge in [-0.2, -0.15) is 4.98 Å². The molecule has 0 amide bonds. The van der Waals surface area contributed by atoms with Gasteiger partial charge in [-0.25, -0.2) is 9.37 Å². The fraction of sp³-hybridized carbons (Fsp3) is 0.476. The van der Waals surface area contributed by atoms with Crippen LogP contribution < -0.4 is 5.32 Å². The number of fused-ring (bicyclic) bond motifs is 1. The third-order valence-corrected chi connectivity index (χ3v) is 5.28. The second-order valence-corrected chi connectivity index (χ2v) is 7.93. The van der Waals surface area contributed by atoms with Gasteiger partial charge >= 0.3 is 0 Å². The van der Waals surface area contributed by atoms with E-state index in [0.717, 1.165) is 42.3 Å². The molecule has 148 valence electrons. The molecule has 0 aliphatic carbocycles. The second kappa shape index (κ2) is 8.22. The van der Waals surface area contributed by atoms with Crippen molar-refractivity contribution in [3.63, 3.8) is 0 Å². The Morgan fingerprint density at radius 1 is 1.14 bits per heavy atom. The van der Waals surface area contributed by atoms with Gasteiger partial charge in [-0.15, -0.1) is 0 Å². The van der Waals surface area contributed by atoms with Gasteiger partial charge < -0.3 is 14.7 Å². The SMILES string of the molecule is C[C@@H]1C[C@H](C)CN(CCCNc2ncnc3onc(-c4ccc(F)cc4)c23)C1. The largest absolute Gasteiger partial charge is 0.369 e. The van der Waals surface area contributed by atoms with E-state index in [4.69, 9.17) is 4.52 Å². The number of rotatable bonds is 6. The van der Waals surface area contributed by atoms with E-state index >= 15 is 0 Å². The number of nitrogens with one attached hydrogen (secondary N) is 1. The smallest absolute Gasteiger partial charge is 0.263 e. The first-order chi connectivity index (χ1) is 13.6. The van der Waals surface area contributed by atoms with Gasteiger partial charge in [0.25, 0.3) is 5.71 Å². The summed E-state index contributed by atoms with van der Waals surface area (Å²) < 4.78 is 18.6. The van der Waals surface area contributed by atoms with Gasteiger partial charge in [0, 0.05) is 25.2 Å². The number of likely N-dealkylation sites (tertiary alicyclic amines) is 1. The second-order valence-electron chi connectivity index (χ2n) is 7.93. The molecule has 2 aromatic heterocycles. The average Bonchev–Trinajstić information content (AvgIpc) is 3.10. The normalized spacial score (nSPS) is 20.5. The van der Waals surface area contributed by atoms with Crippen LogP contribution in [0.4, 0.5) is 10.2 Å². The molecule has 0 radical (unpaired) electrons. The van der Waals surface area contributed by atoms with Crippen LogP contribution in [-0.2, 0) is 0 Å². The van der Waals surface area contributed by atoms with Crippen molar-refractivity contribution in [3.8, 4) is 11.3 Å². The highest BCUT2D eigenvalue weighted by Crippen LogP contribution is 2.31. The van der Waals surface area contributed by atoms with E-state index in [0.29, 0.717) is 17.2 Å². The Labute approximate surface area is 164 Å². The molecule has 1 aliphatic heterocycles. The Balaban J connectivity index is 1.44. The summed E-state index contributed by atoms with van der Waals surface area (Å²) in [4.78, 5) is 11.1. The third-order valence-electron chi connectivity index (χ3n) is 5.28. The summed E-state index contributed by atoms with van der Waals surface area (Å²) in [6.07, 6.45) is 3.83. The topological polar surface area (TPSA) is 67.1 Å². The quantitative estimate of drug-likeness (QED) is 0.644. The highest BCUT2D eigenvalue weighted by molar-refractivity contribution is 5.97. The van der Waals surface area contributed by atoms with Gasteiger partial charge in [0.2, 0.25) is 0 Å².